The van der Waals surface area contributed by atoms with Crippen LogP contribution in [0.15, 0.2) is 35.1 Å². The summed E-state index contributed by atoms with van der Waals surface area (Å²) in [5, 5.41) is 8.80. The Bertz CT molecular complexity index is 598. The van der Waals surface area contributed by atoms with Crippen molar-refractivity contribution in [2.45, 2.75) is 6.92 Å². The van der Waals surface area contributed by atoms with Crippen LogP contribution in [0.25, 0.3) is 5.52 Å². The summed E-state index contributed by atoms with van der Waals surface area (Å²) in [5.74, 6) is -1.20. The molecule has 0 unspecified atom stereocenters. The topological polar surface area (TPSA) is 58.8 Å². The first-order chi connectivity index (χ1) is 7.11. The van der Waals surface area contributed by atoms with Gasteiger partial charge in [-0.15, -0.1) is 0 Å². The van der Waals surface area contributed by atoms with Crippen LogP contribution in [0.1, 0.15) is 16.1 Å². The average Bonchev–Trinajstić information content (AvgIpc) is 2.17. The first-order valence-corrected chi connectivity index (χ1v) is 4.46. The fourth-order valence-corrected chi connectivity index (χ4v) is 1.57. The summed E-state index contributed by atoms with van der Waals surface area (Å²) in [5.41, 5.74) is 0.727. The maximum Gasteiger partial charge on any atom is 0.341 e. The summed E-state index contributed by atoms with van der Waals surface area (Å²) in [6, 6.07) is 8.31. The predicted octanol–water partition coefficient (Wildman–Crippen LogP) is 1.31. The van der Waals surface area contributed by atoms with Gasteiger partial charge in [-0.05, 0) is 31.2 Å². The minimum absolute atomic E-state index is 0.207. The van der Waals surface area contributed by atoms with Crippen LogP contribution in [-0.2, 0) is 0 Å². The Hall–Kier alpha value is -2.10. The molecule has 2 rings (SSSR count). The average molecular weight is 203 g/mol. The zero-order chi connectivity index (χ0) is 11.0. The molecule has 2 aromatic heterocycles. The standard InChI is InChI=1S/C11H9NO3/c1-7-3-2-4-8-5-6-9(11(14)15)10(13)12(7)8/h2-6H,1H3,(H,14,15). The van der Waals surface area contributed by atoms with Gasteiger partial charge in [0.2, 0.25) is 0 Å². The molecule has 15 heavy (non-hydrogen) atoms. The van der Waals surface area contributed by atoms with Crippen molar-refractivity contribution in [3.63, 3.8) is 0 Å². The van der Waals surface area contributed by atoms with E-state index < -0.39 is 11.5 Å². The highest BCUT2D eigenvalue weighted by atomic mass is 16.4. The van der Waals surface area contributed by atoms with Gasteiger partial charge in [-0.3, -0.25) is 9.20 Å². The maximum atomic E-state index is 11.8. The van der Waals surface area contributed by atoms with E-state index in [0.717, 1.165) is 5.69 Å². The van der Waals surface area contributed by atoms with E-state index in [0.29, 0.717) is 5.52 Å². The molecule has 0 amide bonds. The summed E-state index contributed by atoms with van der Waals surface area (Å²) in [6.45, 7) is 1.76. The van der Waals surface area contributed by atoms with Gasteiger partial charge < -0.3 is 5.11 Å². The number of pyridine rings is 2. The maximum absolute atomic E-state index is 11.8. The monoisotopic (exact) mass is 203 g/mol. The molecule has 0 bridgehead atoms. The lowest BCUT2D eigenvalue weighted by Crippen LogP contribution is -2.22. The minimum Gasteiger partial charge on any atom is -0.477 e. The zero-order valence-electron chi connectivity index (χ0n) is 8.10. The molecule has 0 spiro atoms. The third-order valence-electron chi connectivity index (χ3n) is 2.30. The SMILES string of the molecule is Cc1cccc2ccc(C(=O)O)c(=O)n12. The van der Waals surface area contributed by atoms with Gasteiger partial charge in [-0.25, -0.2) is 4.79 Å². The Labute approximate surface area is 85.4 Å². The first-order valence-electron chi connectivity index (χ1n) is 4.46. The number of carbonyl (C=O) groups is 1. The highest BCUT2D eigenvalue weighted by molar-refractivity contribution is 5.87. The van der Waals surface area contributed by atoms with Crippen LogP contribution in [-0.4, -0.2) is 15.5 Å². The van der Waals surface area contributed by atoms with Crippen molar-refractivity contribution >= 4 is 11.5 Å². The van der Waals surface area contributed by atoms with Crippen LogP contribution in [0.5, 0.6) is 0 Å². The molecule has 0 aromatic carbocycles. The third kappa shape index (κ3) is 1.40. The molecule has 0 atom stereocenters. The van der Waals surface area contributed by atoms with Crippen molar-refractivity contribution in [3.8, 4) is 0 Å². The molecular formula is C11H9NO3. The lowest BCUT2D eigenvalue weighted by molar-refractivity contribution is 0.0695. The van der Waals surface area contributed by atoms with E-state index in [-0.39, 0.29) is 5.56 Å². The number of aromatic nitrogens is 1. The molecule has 0 aliphatic carbocycles. The van der Waals surface area contributed by atoms with E-state index in [1.165, 1.54) is 10.5 Å². The number of aromatic carboxylic acids is 1. The first kappa shape index (κ1) is 9.45. The second-order valence-corrected chi connectivity index (χ2v) is 3.28. The second-order valence-electron chi connectivity index (χ2n) is 3.28. The van der Waals surface area contributed by atoms with Crippen LogP contribution >= 0.6 is 0 Å². The number of hydrogen-bond donors (Lipinski definition) is 1. The molecule has 0 fully saturated rings. The van der Waals surface area contributed by atoms with Crippen LogP contribution in [0.3, 0.4) is 0 Å². The van der Waals surface area contributed by atoms with E-state index in [4.69, 9.17) is 5.11 Å². The molecule has 0 saturated carbocycles. The van der Waals surface area contributed by atoms with Gasteiger partial charge in [0, 0.05) is 11.2 Å². The largest absolute Gasteiger partial charge is 0.477 e. The van der Waals surface area contributed by atoms with Gasteiger partial charge in [0.1, 0.15) is 5.56 Å². The highest BCUT2D eigenvalue weighted by Crippen LogP contribution is 2.05. The molecule has 2 heterocycles. The van der Waals surface area contributed by atoms with E-state index in [1.807, 2.05) is 6.07 Å². The van der Waals surface area contributed by atoms with Crippen LogP contribution in [0.2, 0.25) is 0 Å². The summed E-state index contributed by atoms with van der Waals surface area (Å²) >= 11 is 0. The number of aryl methyl sites for hydroxylation is 1. The zero-order valence-corrected chi connectivity index (χ0v) is 8.10. The van der Waals surface area contributed by atoms with Crippen molar-refractivity contribution in [1.82, 2.24) is 4.40 Å². The number of carboxylic acids is 1. The van der Waals surface area contributed by atoms with Crippen LogP contribution in [0.4, 0.5) is 0 Å². The molecule has 0 aliphatic heterocycles. The summed E-state index contributed by atoms with van der Waals surface area (Å²) < 4.78 is 1.39. The fraction of sp³-hybridized carbons (Fsp3) is 0.0909. The molecule has 76 valence electrons. The minimum atomic E-state index is -1.20. The van der Waals surface area contributed by atoms with E-state index in [2.05, 4.69) is 0 Å². The normalized spacial score (nSPS) is 10.5. The molecule has 0 saturated heterocycles. The summed E-state index contributed by atoms with van der Waals surface area (Å²) in [6.07, 6.45) is 0. The Balaban J connectivity index is 2.96. The third-order valence-corrected chi connectivity index (χ3v) is 2.30. The van der Waals surface area contributed by atoms with E-state index in [9.17, 15) is 9.59 Å². The Morgan fingerprint density at radius 1 is 1.27 bits per heavy atom. The van der Waals surface area contributed by atoms with E-state index >= 15 is 0 Å². The van der Waals surface area contributed by atoms with E-state index in [1.54, 1.807) is 25.1 Å². The predicted molar refractivity (Wildman–Crippen MR) is 55.4 cm³/mol. The second kappa shape index (κ2) is 3.24. The van der Waals surface area contributed by atoms with Gasteiger partial charge >= 0.3 is 5.97 Å². The molecule has 1 N–H and O–H groups in total. The molecule has 0 aliphatic rings. The number of carboxylic acid groups (broad SMARTS) is 1. The molecule has 4 nitrogen and oxygen atoms in total. The smallest absolute Gasteiger partial charge is 0.341 e. The molecule has 4 heteroatoms. The lowest BCUT2D eigenvalue weighted by Gasteiger charge is -2.04. The number of hydrogen-bond acceptors (Lipinski definition) is 2. The van der Waals surface area contributed by atoms with Crippen molar-refractivity contribution in [2.24, 2.45) is 0 Å². The van der Waals surface area contributed by atoms with Gasteiger partial charge in [-0.1, -0.05) is 6.07 Å². The Morgan fingerprint density at radius 2 is 2.00 bits per heavy atom. The van der Waals surface area contributed by atoms with Crippen LogP contribution in [0, 0.1) is 6.92 Å². The highest BCUT2D eigenvalue weighted by Gasteiger charge is 2.10. The van der Waals surface area contributed by atoms with Gasteiger partial charge in [0.15, 0.2) is 0 Å². The lowest BCUT2D eigenvalue weighted by atomic mass is 10.2. The van der Waals surface area contributed by atoms with Crippen LogP contribution < -0.4 is 5.56 Å². The van der Waals surface area contributed by atoms with Crippen molar-refractivity contribution < 1.29 is 9.90 Å². The summed E-state index contributed by atoms with van der Waals surface area (Å²) in [7, 11) is 0. The molecule has 0 radical (unpaired) electrons. The van der Waals surface area contributed by atoms with Crippen molar-refractivity contribution in [1.29, 1.82) is 0 Å². The number of rotatable bonds is 1. The number of fused-ring (bicyclic) bond motifs is 1. The van der Waals surface area contributed by atoms with Gasteiger partial charge in [0.05, 0.1) is 0 Å². The van der Waals surface area contributed by atoms with Gasteiger partial charge in [-0.2, -0.15) is 0 Å². The van der Waals surface area contributed by atoms with Gasteiger partial charge in [0.25, 0.3) is 5.56 Å². The fourth-order valence-electron chi connectivity index (χ4n) is 1.57. The van der Waals surface area contributed by atoms with Crippen molar-refractivity contribution in [3.05, 3.63) is 51.9 Å². The Kier molecular flexibility index (Phi) is 2.04. The quantitative estimate of drug-likeness (QED) is 0.760. The molecule has 2 aromatic rings. The number of nitrogens with zero attached hydrogens (tertiary/aromatic N) is 1. The Morgan fingerprint density at radius 3 is 2.67 bits per heavy atom. The summed E-state index contributed by atoms with van der Waals surface area (Å²) in [4.78, 5) is 22.5. The molecular weight excluding hydrogens is 194 g/mol. The van der Waals surface area contributed by atoms with Crippen molar-refractivity contribution in [2.75, 3.05) is 0 Å².